The summed E-state index contributed by atoms with van der Waals surface area (Å²) in [5.74, 6) is -0.223. The lowest BCUT2D eigenvalue weighted by molar-refractivity contribution is 0.0932. The first-order valence-electron chi connectivity index (χ1n) is 8.05. The Bertz CT molecular complexity index is 559. The molecule has 1 aliphatic rings. The van der Waals surface area contributed by atoms with Gasteiger partial charge in [-0.3, -0.25) is 9.78 Å². The summed E-state index contributed by atoms with van der Waals surface area (Å²) in [4.78, 5) is 31.7. The minimum atomic E-state index is -0.273. The average molecular weight is 336 g/mol. The van der Waals surface area contributed by atoms with Crippen molar-refractivity contribution < 1.29 is 19.1 Å². The summed E-state index contributed by atoms with van der Waals surface area (Å²) in [6.07, 6.45) is 1.35. The second-order valence-electron chi connectivity index (χ2n) is 5.32. The Labute approximate surface area is 141 Å². The number of hydrogen-bond donors (Lipinski definition) is 1. The molecule has 2 amide bonds. The van der Waals surface area contributed by atoms with E-state index in [1.807, 2.05) is 6.07 Å². The van der Waals surface area contributed by atoms with E-state index in [4.69, 9.17) is 9.47 Å². The Hall–Kier alpha value is -2.35. The molecule has 0 aliphatic carbocycles. The SMILES string of the molecule is CCOC(=O)N1CCN(c2ccnc(C(=O)NCCOC)c2)CC1. The maximum absolute atomic E-state index is 12.1. The molecule has 0 bridgehead atoms. The van der Waals surface area contributed by atoms with Gasteiger partial charge in [-0.2, -0.15) is 0 Å². The minimum absolute atomic E-state index is 0.223. The lowest BCUT2D eigenvalue weighted by Gasteiger charge is -2.35. The molecule has 1 aromatic heterocycles. The zero-order valence-corrected chi connectivity index (χ0v) is 14.2. The molecule has 1 N–H and O–H groups in total. The normalized spacial score (nSPS) is 14.4. The predicted molar refractivity (Wildman–Crippen MR) is 89.3 cm³/mol. The highest BCUT2D eigenvalue weighted by atomic mass is 16.6. The van der Waals surface area contributed by atoms with Gasteiger partial charge in [-0.15, -0.1) is 0 Å². The largest absolute Gasteiger partial charge is 0.450 e. The first-order chi connectivity index (χ1) is 11.7. The third kappa shape index (κ3) is 4.82. The molecule has 0 spiro atoms. The fourth-order valence-electron chi connectivity index (χ4n) is 2.46. The number of methoxy groups -OCH3 is 1. The lowest BCUT2D eigenvalue weighted by Crippen LogP contribution is -2.49. The van der Waals surface area contributed by atoms with Crippen LogP contribution >= 0.6 is 0 Å². The zero-order chi connectivity index (χ0) is 17.4. The molecule has 0 saturated carbocycles. The molecule has 1 aromatic rings. The molecule has 24 heavy (non-hydrogen) atoms. The number of rotatable bonds is 6. The molecule has 0 atom stereocenters. The fraction of sp³-hybridized carbons (Fsp3) is 0.562. The van der Waals surface area contributed by atoms with E-state index in [1.54, 1.807) is 31.2 Å². The van der Waals surface area contributed by atoms with Crippen LogP contribution in [-0.4, -0.2) is 74.9 Å². The van der Waals surface area contributed by atoms with Crippen LogP contribution < -0.4 is 10.2 Å². The summed E-state index contributed by atoms with van der Waals surface area (Å²) >= 11 is 0. The van der Waals surface area contributed by atoms with E-state index >= 15 is 0 Å². The van der Waals surface area contributed by atoms with Crippen LogP contribution in [0, 0.1) is 0 Å². The van der Waals surface area contributed by atoms with Crippen molar-refractivity contribution in [1.82, 2.24) is 15.2 Å². The fourth-order valence-corrected chi connectivity index (χ4v) is 2.46. The van der Waals surface area contributed by atoms with Crippen LogP contribution in [0.1, 0.15) is 17.4 Å². The van der Waals surface area contributed by atoms with Crippen LogP contribution in [0.3, 0.4) is 0 Å². The predicted octanol–water partition coefficient (Wildman–Crippen LogP) is 0.736. The highest BCUT2D eigenvalue weighted by Crippen LogP contribution is 2.17. The van der Waals surface area contributed by atoms with Crippen LogP contribution in [0.15, 0.2) is 18.3 Å². The van der Waals surface area contributed by atoms with Gasteiger partial charge < -0.3 is 24.6 Å². The standard InChI is InChI=1S/C16H24N4O4/c1-3-24-16(22)20-9-7-19(8-10-20)13-4-5-17-14(12-13)15(21)18-6-11-23-2/h4-5,12H,3,6-11H2,1-2H3,(H,18,21). The van der Waals surface area contributed by atoms with Gasteiger partial charge in [-0.05, 0) is 19.1 Å². The topological polar surface area (TPSA) is 84.0 Å². The number of nitrogens with one attached hydrogen (secondary N) is 1. The van der Waals surface area contributed by atoms with E-state index in [-0.39, 0.29) is 12.0 Å². The number of hydrogen-bond acceptors (Lipinski definition) is 6. The molecule has 0 unspecified atom stereocenters. The van der Waals surface area contributed by atoms with Crippen LogP contribution in [-0.2, 0) is 9.47 Å². The van der Waals surface area contributed by atoms with Gasteiger partial charge in [0, 0.05) is 51.7 Å². The van der Waals surface area contributed by atoms with E-state index in [1.165, 1.54) is 0 Å². The first kappa shape index (κ1) is 18.0. The summed E-state index contributed by atoms with van der Waals surface area (Å²) in [7, 11) is 1.58. The third-order valence-electron chi connectivity index (χ3n) is 3.74. The monoisotopic (exact) mass is 336 g/mol. The van der Waals surface area contributed by atoms with Crippen LogP contribution in [0.25, 0.3) is 0 Å². The first-order valence-corrected chi connectivity index (χ1v) is 8.05. The van der Waals surface area contributed by atoms with Crippen molar-refractivity contribution in [3.63, 3.8) is 0 Å². The van der Waals surface area contributed by atoms with E-state index in [0.29, 0.717) is 51.6 Å². The van der Waals surface area contributed by atoms with Crippen LogP contribution in [0.2, 0.25) is 0 Å². The number of pyridine rings is 1. The second-order valence-corrected chi connectivity index (χ2v) is 5.32. The highest BCUT2D eigenvalue weighted by molar-refractivity contribution is 5.93. The number of anilines is 1. The summed E-state index contributed by atoms with van der Waals surface area (Å²) in [6, 6.07) is 3.63. The number of piperazine rings is 1. The Morgan fingerprint density at radius 2 is 2.04 bits per heavy atom. The van der Waals surface area contributed by atoms with Crippen molar-refractivity contribution >= 4 is 17.7 Å². The Morgan fingerprint density at radius 1 is 1.29 bits per heavy atom. The summed E-state index contributed by atoms with van der Waals surface area (Å²) in [5, 5.41) is 2.75. The van der Waals surface area contributed by atoms with Gasteiger partial charge in [0.25, 0.3) is 5.91 Å². The summed E-state index contributed by atoms with van der Waals surface area (Å²) in [5.41, 5.74) is 1.29. The van der Waals surface area contributed by atoms with E-state index in [0.717, 1.165) is 5.69 Å². The maximum Gasteiger partial charge on any atom is 0.409 e. The molecular weight excluding hydrogens is 312 g/mol. The molecular formula is C16H24N4O4. The maximum atomic E-state index is 12.1. The number of ether oxygens (including phenoxy) is 2. The minimum Gasteiger partial charge on any atom is -0.450 e. The van der Waals surface area contributed by atoms with Gasteiger partial charge in [0.15, 0.2) is 0 Å². The van der Waals surface area contributed by atoms with Crippen molar-refractivity contribution in [2.24, 2.45) is 0 Å². The number of aromatic nitrogens is 1. The Balaban J connectivity index is 1.92. The molecule has 2 rings (SSSR count). The Morgan fingerprint density at radius 3 is 2.71 bits per heavy atom. The van der Waals surface area contributed by atoms with Crippen molar-refractivity contribution in [1.29, 1.82) is 0 Å². The van der Waals surface area contributed by atoms with Crippen LogP contribution in [0.5, 0.6) is 0 Å². The average Bonchev–Trinajstić information content (AvgIpc) is 2.62. The zero-order valence-electron chi connectivity index (χ0n) is 14.2. The van der Waals surface area contributed by atoms with Crippen molar-refractivity contribution in [2.75, 3.05) is 57.9 Å². The van der Waals surface area contributed by atoms with E-state index in [9.17, 15) is 9.59 Å². The van der Waals surface area contributed by atoms with Gasteiger partial charge in [0.2, 0.25) is 0 Å². The van der Waals surface area contributed by atoms with Gasteiger partial charge in [0.05, 0.1) is 13.2 Å². The van der Waals surface area contributed by atoms with Crippen molar-refractivity contribution in [2.45, 2.75) is 6.92 Å². The smallest absolute Gasteiger partial charge is 0.409 e. The number of carbonyl (C=O) groups excluding carboxylic acids is 2. The molecule has 0 radical (unpaired) electrons. The van der Waals surface area contributed by atoms with Gasteiger partial charge in [-0.25, -0.2) is 4.79 Å². The van der Waals surface area contributed by atoms with Crippen molar-refractivity contribution in [3.05, 3.63) is 24.0 Å². The van der Waals surface area contributed by atoms with E-state index < -0.39 is 0 Å². The molecule has 0 aromatic carbocycles. The quantitative estimate of drug-likeness (QED) is 0.771. The summed E-state index contributed by atoms with van der Waals surface area (Å²) in [6.45, 7) is 5.64. The number of nitrogens with zero attached hydrogens (tertiary/aromatic N) is 3. The van der Waals surface area contributed by atoms with Gasteiger partial charge >= 0.3 is 6.09 Å². The highest BCUT2D eigenvalue weighted by Gasteiger charge is 2.22. The van der Waals surface area contributed by atoms with Crippen LogP contribution in [0.4, 0.5) is 10.5 Å². The molecule has 8 nitrogen and oxygen atoms in total. The van der Waals surface area contributed by atoms with Gasteiger partial charge in [-0.1, -0.05) is 0 Å². The van der Waals surface area contributed by atoms with Crippen molar-refractivity contribution in [3.8, 4) is 0 Å². The number of carbonyl (C=O) groups is 2. The molecule has 2 heterocycles. The molecule has 132 valence electrons. The number of amides is 2. The second kappa shape index (κ2) is 9.07. The lowest BCUT2D eigenvalue weighted by atomic mass is 10.2. The van der Waals surface area contributed by atoms with E-state index in [2.05, 4.69) is 15.2 Å². The molecule has 1 saturated heterocycles. The molecule has 8 heteroatoms. The molecule has 1 aliphatic heterocycles. The third-order valence-corrected chi connectivity index (χ3v) is 3.74. The summed E-state index contributed by atoms with van der Waals surface area (Å²) < 4.78 is 9.92. The molecule has 1 fully saturated rings. The van der Waals surface area contributed by atoms with Gasteiger partial charge in [0.1, 0.15) is 5.69 Å². The Kier molecular flexibility index (Phi) is 6.80.